The first-order valence-electron chi connectivity index (χ1n) is 10.4. The van der Waals surface area contributed by atoms with Gasteiger partial charge in [0.1, 0.15) is 0 Å². The zero-order chi connectivity index (χ0) is 21.6. The van der Waals surface area contributed by atoms with Crippen LogP contribution in [0.3, 0.4) is 0 Å². The summed E-state index contributed by atoms with van der Waals surface area (Å²) in [5.41, 5.74) is 4.76. The van der Waals surface area contributed by atoms with E-state index >= 15 is 0 Å². The molecule has 0 spiro atoms. The molecule has 0 radical (unpaired) electrons. The molecule has 1 heterocycles. The Bertz CT molecular complexity index is 1100. The molecule has 7 nitrogen and oxygen atoms in total. The molecule has 0 saturated carbocycles. The molecule has 4 rings (SSSR count). The lowest BCUT2D eigenvalue weighted by Gasteiger charge is -2.30. The molecule has 158 valence electrons. The number of likely N-dealkylation sites (tertiary alicyclic amines) is 1. The fourth-order valence-electron chi connectivity index (χ4n) is 3.88. The summed E-state index contributed by atoms with van der Waals surface area (Å²) in [5, 5.41) is 17.2. The zero-order valence-electron chi connectivity index (χ0n) is 17.1. The number of carbonyl (C=O) groups is 1. The van der Waals surface area contributed by atoms with Crippen LogP contribution in [0.4, 0.5) is 5.69 Å². The predicted octanol–water partition coefficient (Wildman–Crippen LogP) is 4.11. The van der Waals surface area contributed by atoms with Gasteiger partial charge in [-0.3, -0.25) is 19.8 Å². The molecule has 0 aromatic heterocycles. The minimum atomic E-state index is -0.393. The number of non-ortho nitro benzene ring substituents is 1. The van der Waals surface area contributed by atoms with Crippen molar-refractivity contribution in [3.05, 3.63) is 88.0 Å². The van der Waals surface area contributed by atoms with E-state index in [0.717, 1.165) is 49.0 Å². The van der Waals surface area contributed by atoms with Gasteiger partial charge in [0.05, 0.1) is 11.1 Å². The van der Waals surface area contributed by atoms with Crippen molar-refractivity contribution in [2.75, 3.05) is 13.1 Å². The van der Waals surface area contributed by atoms with Gasteiger partial charge < -0.3 is 0 Å². The normalized spacial score (nSPS) is 15.4. The molecule has 1 amide bonds. The molecule has 31 heavy (non-hydrogen) atoms. The van der Waals surface area contributed by atoms with Crippen LogP contribution in [0.1, 0.15) is 24.0 Å². The molecular formula is C24H24N4O3. The molecule has 0 atom stereocenters. The maximum absolute atomic E-state index is 12.5. The Labute approximate surface area is 180 Å². The van der Waals surface area contributed by atoms with E-state index in [4.69, 9.17) is 0 Å². The van der Waals surface area contributed by atoms with E-state index in [1.807, 2.05) is 30.3 Å². The number of fused-ring (bicyclic) bond motifs is 1. The van der Waals surface area contributed by atoms with E-state index in [1.165, 1.54) is 17.5 Å². The van der Waals surface area contributed by atoms with Crippen molar-refractivity contribution < 1.29 is 9.72 Å². The van der Waals surface area contributed by atoms with E-state index in [-0.39, 0.29) is 17.5 Å². The van der Waals surface area contributed by atoms with Crippen molar-refractivity contribution in [3.63, 3.8) is 0 Å². The second-order valence-corrected chi connectivity index (χ2v) is 7.81. The largest absolute Gasteiger partial charge is 0.299 e. The molecule has 0 aliphatic carbocycles. The number of hydrogen-bond donors (Lipinski definition) is 1. The van der Waals surface area contributed by atoms with Crippen LogP contribution >= 0.6 is 0 Å². The van der Waals surface area contributed by atoms with Gasteiger partial charge in [-0.2, -0.15) is 5.10 Å². The quantitative estimate of drug-likeness (QED) is 0.372. The van der Waals surface area contributed by atoms with Crippen molar-refractivity contribution in [2.45, 2.75) is 19.4 Å². The van der Waals surface area contributed by atoms with Gasteiger partial charge in [-0.15, -0.1) is 0 Å². The lowest BCUT2D eigenvalue weighted by Crippen LogP contribution is -2.39. The van der Waals surface area contributed by atoms with Crippen molar-refractivity contribution in [1.82, 2.24) is 10.3 Å². The monoisotopic (exact) mass is 416 g/mol. The van der Waals surface area contributed by atoms with Crippen LogP contribution in [-0.4, -0.2) is 35.0 Å². The fourth-order valence-corrected chi connectivity index (χ4v) is 3.88. The van der Waals surface area contributed by atoms with E-state index in [2.05, 4.69) is 27.6 Å². The van der Waals surface area contributed by atoms with Gasteiger partial charge in [0, 0.05) is 24.6 Å². The smallest absolute Gasteiger partial charge is 0.269 e. The third-order valence-electron chi connectivity index (χ3n) is 5.67. The van der Waals surface area contributed by atoms with Crippen molar-refractivity contribution in [3.8, 4) is 0 Å². The summed E-state index contributed by atoms with van der Waals surface area (Å²) >= 11 is 0. The van der Waals surface area contributed by atoms with Crippen LogP contribution in [0.5, 0.6) is 0 Å². The molecule has 1 fully saturated rings. The predicted molar refractivity (Wildman–Crippen MR) is 121 cm³/mol. The number of nitro benzene ring substituents is 1. The number of amides is 1. The van der Waals surface area contributed by atoms with Gasteiger partial charge in [-0.25, -0.2) is 5.43 Å². The summed E-state index contributed by atoms with van der Waals surface area (Å²) in [4.78, 5) is 25.1. The number of nitrogens with zero attached hydrogens (tertiary/aromatic N) is 3. The van der Waals surface area contributed by atoms with E-state index in [0.29, 0.717) is 0 Å². The van der Waals surface area contributed by atoms with Crippen molar-refractivity contribution in [2.24, 2.45) is 11.0 Å². The summed E-state index contributed by atoms with van der Waals surface area (Å²) in [6.45, 7) is 2.35. The van der Waals surface area contributed by atoms with Gasteiger partial charge in [0.15, 0.2) is 0 Å². The van der Waals surface area contributed by atoms with Gasteiger partial charge in [0.2, 0.25) is 5.91 Å². The van der Waals surface area contributed by atoms with E-state index in [9.17, 15) is 14.9 Å². The first kappa shape index (κ1) is 20.7. The van der Waals surface area contributed by atoms with Crippen LogP contribution in [-0.2, 0) is 11.3 Å². The van der Waals surface area contributed by atoms with Crippen molar-refractivity contribution >= 4 is 28.6 Å². The summed E-state index contributed by atoms with van der Waals surface area (Å²) < 4.78 is 0. The topological polar surface area (TPSA) is 87.8 Å². The molecule has 1 N–H and O–H groups in total. The Morgan fingerprint density at radius 2 is 1.77 bits per heavy atom. The number of nitrogens with one attached hydrogen (secondary N) is 1. The highest BCUT2D eigenvalue weighted by molar-refractivity contribution is 5.91. The zero-order valence-corrected chi connectivity index (χ0v) is 17.1. The highest BCUT2D eigenvalue weighted by Gasteiger charge is 2.24. The number of nitro groups is 1. The van der Waals surface area contributed by atoms with Gasteiger partial charge >= 0.3 is 0 Å². The molecule has 7 heteroatoms. The molecule has 3 aromatic carbocycles. The number of carbonyl (C=O) groups excluding carboxylic acids is 1. The Balaban J connectivity index is 1.25. The van der Waals surface area contributed by atoms with Crippen LogP contribution in [0, 0.1) is 16.0 Å². The first-order valence-corrected chi connectivity index (χ1v) is 10.4. The SMILES string of the molecule is O=C(N/N=C\c1ccc2ccccc2c1)C1CCN(Cc2ccc([N+](=O)[O-])cc2)CC1. The lowest BCUT2D eigenvalue weighted by atomic mass is 9.96. The standard InChI is InChI=1S/C24H24N4O3/c29-24(26-25-16-19-5-8-20-3-1-2-4-22(20)15-19)21-11-13-27(14-12-21)17-18-6-9-23(10-7-18)28(30)31/h1-10,15-16,21H,11-14,17H2,(H,26,29)/b25-16-. The Kier molecular flexibility index (Phi) is 6.33. The third kappa shape index (κ3) is 5.32. The molecule has 1 aliphatic heterocycles. The summed E-state index contributed by atoms with van der Waals surface area (Å²) in [7, 11) is 0. The van der Waals surface area contributed by atoms with E-state index in [1.54, 1.807) is 18.3 Å². The molecule has 1 saturated heterocycles. The van der Waals surface area contributed by atoms with Crippen LogP contribution < -0.4 is 5.43 Å². The van der Waals surface area contributed by atoms with Gasteiger partial charge in [0.25, 0.3) is 5.69 Å². The molecule has 0 bridgehead atoms. The Morgan fingerprint density at radius 3 is 2.48 bits per heavy atom. The highest BCUT2D eigenvalue weighted by atomic mass is 16.6. The number of hydrogen-bond acceptors (Lipinski definition) is 5. The summed E-state index contributed by atoms with van der Waals surface area (Å²) in [5.74, 6) is -0.103. The van der Waals surface area contributed by atoms with Crippen LogP contribution in [0.2, 0.25) is 0 Å². The minimum absolute atomic E-state index is 0.0491. The first-order chi connectivity index (χ1) is 15.1. The van der Waals surface area contributed by atoms with Crippen LogP contribution in [0.25, 0.3) is 10.8 Å². The van der Waals surface area contributed by atoms with E-state index < -0.39 is 4.92 Å². The highest BCUT2D eigenvalue weighted by Crippen LogP contribution is 2.20. The number of hydrazone groups is 1. The lowest BCUT2D eigenvalue weighted by molar-refractivity contribution is -0.384. The fraction of sp³-hybridized carbons (Fsp3) is 0.250. The Hall–Kier alpha value is -3.58. The van der Waals surface area contributed by atoms with Gasteiger partial charge in [-0.1, -0.05) is 48.5 Å². The minimum Gasteiger partial charge on any atom is -0.299 e. The Morgan fingerprint density at radius 1 is 1.06 bits per heavy atom. The number of piperidine rings is 1. The summed E-state index contributed by atoms with van der Waals surface area (Å²) in [6, 6.07) is 20.8. The maximum Gasteiger partial charge on any atom is 0.269 e. The van der Waals surface area contributed by atoms with Gasteiger partial charge in [-0.05, 0) is 53.9 Å². The average Bonchev–Trinajstić information content (AvgIpc) is 2.80. The number of benzene rings is 3. The molecule has 3 aromatic rings. The van der Waals surface area contributed by atoms with Crippen molar-refractivity contribution in [1.29, 1.82) is 0 Å². The van der Waals surface area contributed by atoms with Crippen LogP contribution in [0.15, 0.2) is 71.8 Å². The molecule has 0 unspecified atom stereocenters. The molecular weight excluding hydrogens is 392 g/mol. The summed E-state index contributed by atoms with van der Waals surface area (Å²) in [6.07, 6.45) is 3.21. The second kappa shape index (κ2) is 9.49. The second-order valence-electron chi connectivity index (χ2n) is 7.81. The number of rotatable bonds is 6. The average molecular weight is 416 g/mol. The molecule has 1 aliphatic rings. The third-order valence-corrected chi connectivity index (χ3v) is 5.67. The maximum atomic E-state index is 12.5.